The first-order chi connectivity index (χ1) is 12.9. The van der Waals surface area contributed by atoms with Crippen LogP contribution in [0, 0.1) is 38.9 Å². The molecule has 2 rings (SSSR count). The van der Waals surface area contributed by atoms with Gasteiger partial charge in [0, 0.05) is 22.4 Å². The van der Waals surface area contributed by atoms with E-state index in [1.807, 2.05) is 6.92 Å². The van der Waals surface area contributed by atoms with Crippen LogP contribution in [0.25, 0.3) is 0 Å². The Kier molecular flexibility index (Phi) is 6.46. The first kappa shape index (κ1) is 22.2. The van der Waals surface area contributed by atoms with Crippen LogP contribution in [0.4, 0.5) is 4.39 Å². The van der Waals surface area contributed by atoms with E-state index >= 15 is 0 Å². The van der Waals surface area contributed by atoms with Crippen LogP contribution in [-0.2, 0) is 17.6 Å². The molecule has 1 atom stereocenters. The Morgan fingerprint density at radius 2 is 1.54 bits per heavy atom. The second-order valence-corrected chi connectivity index (χ2v) is 8.19. The number of nitrogens with two attached hydrogens (primary N) is 1. The number of phenols is 2. The van der Waals surface area contributed by atoms with Crippen LogP contribution in [0.2, 0.25) is 0 Å². The Hall–Kier alpha value is -2.05. The van der Waals surface area contributed by atoms with E-state index in [0.717, 1.165) is 5.56 Å². The van der Waals surface area contributed by atoms with E-state index in [1.54, 1.807) is 32.9 Å². The number of hydrogen-bond donors (Lipinski definition) is 4. The van der Waals surface area contributed by atoms with Crippen LogP contribution < -0.4 is 5.73 Å². The minimum absolute atomic E-state index is 0.0526. The zero-order valence-electron chi connectivity index (χ0n) is 17.0. The van der Waals surface area contributed by atoms with Gasteiger partial charge in [0.2, 0.25) is 0 Å². The Labute approximate surface area is 171 Å². The molecule has 0 heterocycles. The van der Waals surface area contributed by atoms with Gasteiger partial charge in [0.15, 0.2) is 0 Å². The first-order valence-corrected chi connectivity index (χ1v) is 9.59. The van der Waals surface area contributed by atoms with Crippen LogP contribution in [-0.4, -0.2) is 22.5 Å². The highest BCUT2D eigenvalue weighted by molar-refractivity contribution is 7.80. The number of ketones is 1. The van der Waals surface area contributed by atoms with Crippen molar-refractivity contribution in [3.8, 4) is 11.5 Å². The van der Waals surface area contributed by atoms with E-state index in [4.69, 9.17) is 5.73 Å². The molecular formula is C22H28FNO3S. The maximum absolute atomic E-state index is 14.8. The van der Waals surface area contributed by atoms with E-state index in [-0.39, 0.29) is 42.2 Å². The number of phenolic OH excluding ortho intramolecular Hbond substituents is 2. The fourth-order valence-electron chi connectivity index (χ4n) is 3.64. The summed E-state index contributed by atoms with van der Waals surface area (Å²) in [6.07, 6.45) is 0.0609. The van der Waals surface area contributed by atoms with Gasteiger partial charge in [-0.1, -0.05) is 0 Å². The van der Waals surface area contributed by atoms with Gasteiger partial charge in [-0.25, -0.2) is 4.39 Å². The molecule has 2 aromatic rings. The molecule has 4 N–H and O–H groups in total. The molecule has 0 amide bonds. The molecule has 2 aromatic carbocycles. The van der Waals surface area contributed by atoms with Crippen molar-refractivity contribution < 1.29 is 19.4 Å². The Balaban J connectivity index is 2.65. The summed E-state index contributed by atoms with van der Waals surface area (Å²) in [5.74, 6) is -0.849. The maximum Gasteiger partial charge on any atom is 0.137 e. The van der Waals surface area contributed by atoms with Crippen LogP contribution >= 0.6 is 12.6 Å². The van der Waals surface area contributed by atoms with E-state index in [0.29, 0.717) is 27.1 Å². The molecular weight excluding hydrogens is 377 g/mol. The third-order valence-electron chi connectivity index (χ3n) is 5.72. The van der Waals surface area contributed by atoms with Gasteiger partial charge in [-0.3, -0.25) is 4.79 Å². The predicted octanol–water partition coefficient (Wildman–Crippen LogP) is 4.08. The minimum Gasteiger partial charge on any atom is -0.507 e. The summed E-state index contributed by atoms with van der Waals surface area (Å²) in [4.78, 5) is 13.4. The standard InChI is InChI=1S/C22H28FNO3S/c1-11-6-12(2)21(27)17(19(11)23)9-22(10-24,15(5)25)8-16-14(4)18(28)7-13(3)20(16)26/h6-7,26-28H,8-10,24H2,1-5H3. The van der Waals surface area contributed by atoms with Crippen LogP contribution in [0.5, 0.6) is 11.5 Å². The fraction of sp³-hybridized carbons (Fsp3) is 0.409. The highest BCUT2D eigenvalue weighted by atomic mass is 32.1. The normalized spacial score (nSPS) is 13.4. The fourth-order valence-corrected chi connectivity index (χ4v) is 3.97. The number of hydrogen-bond acceptors (Lipinski definition) is 5. The van der Waals surface area contributed by atoms with Crippen molar-refractivity contribution in [2.75, 3.05) is 6.54 Å². The topological polar surface area (TPSA) is 83.6 Å². The summed E-state index contributed by atoms with van der Waals surface area (Å²) in [7, 11) is 0. The average molecular weight is 406 g/mol. The van der Waals surface area contributed by atoms with Crippen molar-refractivity contribution in [3.63, 3.8) is 0 Å². The number of thiol groups is 1. The van der Waals surface area contributed by atoms with E-state index < -0.39 is 11.2 Å². The zero-order chi connectivity index (χ0) is 21.4. The number of Topliss-reactive ketones (excluding diaryl/α,β-unsaturated/α-hetero) is 1. The van der Waals surface area contributed by atoms with Crippen molar-refractivity contribution in [2.45, 2.75) is 52.4 Å². The number of aryl methyl sites for hydroxylation is 3. The lowest BCUT2D eigenvalue weighted by atomic mass is 9.72. The van der Waals surface area contributed by atoms with Crippen LogP contribution in [0.3, 0.4) is 0 Å². The molecule has 0 radical (unpaired) electrons. The van der Waals surface area contributed by atoms with Crippen LogP contribution in [0.1, 0.15) is 40.3 Å². The molecule has 0 fully saturated rings. The van der Waals surface area contributed by atoms with Crippen molar-refractivity contribution >= 4 is 18.4 Å². The number of aromatic hydroxyl groups is 2. The lowest BCUT2D eigenvalue weighted by Gasteiger charge is -2.32. The summed E-state index contributed by atoms with van der Waals surface area (Å²) in [5, 5.41) is 21.1. The van der Waals surface area contributed by atoms with Gasteiger partial charge in [0.25, 0.3) is 0 Å². The zero-order valence-corrected chi connectivity index (χ0v) is 17.9. The van der Waals surface area contributed by atoms with Crippen molar-refractivity contribution in [1.29, 1.82) is 0 Å². The van der Waals surface area contributed by atoms with Gasteiger partial charge in [0.05, 0.1) is 0 Å². The third kappa shape index (κ3) is 3.89. The molecule has 4 nitrogen and oxygen atoms in total. The van der Waals surface area contributed by atoms with E-state index in [2.05, 4.69) is 12.6 Å². The van der Waals surface area contributed by atoms with Gasteiger partial charge >= 0.3 is 0 Å². The van der Waals surface area contributed by atoms with Crippen molar-refractivity contribution in [2.24, 2.45) is 11.1 Å². The van der Waals surface area contributed by atoms with Gasteiger partial charge in [-0.05, 0) is 87.4 Å². The van der Waals surface area contributed by atoms with Crippen molar-refractivity contribution in [1.82, 2.24) is 0 Å². The number of benzene rings is 2. The summed E-state index contributed by atoms with van der Waals surface area (Å²) in [6.45, 7) is 8.23. The highest BCUT2D eigenvalue weighted by Gasteiger charge is 2.38. The summed E-state index contributed by atoms with van der Waals surface area (Å²) >= 11 is 4.45. The molecule has 0 aliphatic carbocycles. The predicted molar refractivity (Wildman–Crippen MR) is 112 cm³/mol. The lowest BCUT2D eigenvalue weighted by Crippen LogP contribution is -2.42. The SMILES string of the molecule is CC(=O)C(CN)(Cc1c(C)c(S)cc(C)c1O)Cc1c(O)c(C)cc(C)c1F. The Morgan fingerprint density at radius 3 is 2.07 bits per heavy atom. The quantitative estimate of drug-likeness (QED) is 0.546. The van der Waals surface area contributed by atoms with E-state index in [1.165, 1.54) is 6.92 Å². The number of carbonyl (C=O) groups excluding carboxylic acids is 1. The molecule has 28 heavy (non-hydrogen) atoms. The monoisotopic (exact) mass is 405 g/mol. The summed E-state index contributed by atoms with van der Waals surface area (Å²) in [6, 6.07) is 3.32. The average Bonchev–Trinajstić information content (AvgIpc) is 2.63. The first-order valence-electron chi connectivity index (χ1n) is 9.14. The molecule has 0 aromatic heterocycles. The molecule has 0 aliphatic heterocycles. The molecule has 1 unspecified atom stereocenters. The summed E-state index contributed by atoms with van der Waals surface area (Å²) in [5.41, 5.74) is 7.82. The lowest BCUT2D eigenvalue weighted by molar-refractivity contribution is -0.126. The number of rotatable bonds is 6. The minimum atomic E-state index is -1.17. The largest absolute Gasteiger partial charge is 0.507 e. The number of carbonyl (C=O) groups is 1. The van der Waals surface area contributed by atoms with Gasteiger partial charge in [0.1, 0.15) is 23.1 Å². The van der Waals surface area contributed by atoms with E-state index in [9.17, 15) is 19.4 Å². The van der Waals surface area contributed by atoms with Gasteiger partial charge in [-0.2, -0.15) is 0 Å². The van der Waals surface area contributed by atoms with Gasteiger partial charge < -0.3 is 15.9 Å². The Bertz CT molecular complexity index is 822. The van der Waals surface area contributed by atoms with Gasteiger partial charge in [-0.15, -0.1) is 12.6 Å². The highest BCUT2D eigenvalue weighted by Crippen LogP contribution is 2.40. The number of halogens is 1. The smallest absolute Gasteiger partial charge is 0.137 e. The maximum atomic E-state index is 14.8. The third-order valence-corrected chi connectivity index (χ3v) is 6.19. The molecule has 0 saturated carbocycles. The second kappa shape index (κ2) is 8.13. The molecule has 0 bridgehead atoms. The second-order valence-electron chi connectivity index (χ2n) is 7.71. The molecule has 152 valence electrons. The molecule has 0 saturated heterocycles. The Morgan fingerprint density at radius 1 is 1.04 bits per heavy atom. The molecule has 6 heteroatoms. The molecule has 0 spiro atoms. The summed E-state index contributed by atoms with van der Waals surface area (Å²) < 4.78 is 14.8. The molecule has 0 aliphatic rings. The van der Waals surface area contributed by atoms with Crippen LogP contribution in [0.15, 0.2) is 17.0 Å². The van der Waals surface area contributed by atoms with Crippen molar-refractivity contribution in [3.05, 3.63) is 51.3 Å².